The van der Waals surface area contributed by atoms with Gasteiger partial charge in [-0.3, -0.25) is 0 Å². The first kappa shape index (κ1) is 14.9. The van der Waals surface area contributed by atoms with Crippen LogP contribution in [0.15, 0.2) is 18.2 Å². The van der Waals surface area contributed by atoms with Gasteiger partial charge in [-0.05, 0) is 67.7 Å². The zero-order valence-corrected chi connectivity index (χ0v) is 12.3. The van der Waals surface area contributed by atoms with Crippen LogP contribution in [-0.2, 0) is 11.7 Å². The molecule has 1 aromatic carbocycles. The Kier molecular flexibility index (Phi) is 3.55. The maximum absolute atomic E-state index is 12.8. The fourth-order valence-electron chi connectivity index (χ4n) is 3.96. The van der Waals surface area contributed by atoms with Gasteiger partial charge in [0.15, 0.2) is 0 Å². The molecule has 2 saturated carbocycles. The number of hydrogen-bond acceptors (Lipinski definition) is 1. The highest BCUT2D eigenvalue weighted by molar-refractivity contribution is 5.37. The van der Waals surface area contributed by atoms with E-state index < -0.39 is 17.3 Å². The second kappa shape index (κ2) is 5.01. The molecule has 0 bridgehead atoms. The van der Waals surface area contributed by atoms with Crippen molar-refractivity contribution in [1.82, 2.24) is 0 Å². The highest BCUT2D eigenvalue weighted by atomic mass is 19.4. The lowest BCUT2D eigenvalue weighted by molar-refractivity contribution is -0.137. The van der Waals surface area contributed by atoms with Crippen molar-refractivity contribution in [1.29, 1.82) is 0 Å². The van der Waals surface area contributed by atoms with Crippen molar-refractivity contribution in [3.8, 4) is 0 Å². The summed E-state index contributed by atoms with van der Waals surface area (Å²) in [4.78, 5) is 0. The van der Waals surface area contributed by atoms with E-state index in [4.69, 9.17) is 5.73 Å². The molecule has 0 radical (unpaired) electrons. The van der Waals surface area contributed by atoms with Crippen LogP contribution in [0.1, 0.15) is 55.2 Å². The van der Waals surface area contributed by atoms with Gasteiger partial charge in [-0.25, -0.2) is 0 Å². The molecule has 2 atom stereocenters. The highest BCUT2D eigenvalue weighted by Crippen LogP contribution is 2.49. The van der Waals surface area contributed by atoms with Crippen molar-refractivity contribution in [2.75, 3.05) is 0 Å². The summed E-state index contributed by atoms with van der Waals surface area (Å²) in [5, 5.41) is 0. The maximum Gasteiger partial charge on any atom is 0.416 e. The Hall–Kier alpha value is -1.03. The van der Waals surface area contributed by atoms with Crippen molar-refractivity contribution in [2.45, 2.75) is 57.2 Å². The zero-order valence-electron chi connectivity index (χ0n) is 12.3. The smallest absolute Gasteiger partial charge is 0.321 e. The summed E-state index contributed by atoms with van der Waals surface area (Å²) < 4.78 is 38.3. The van der Waals surface area contributed by atoms with Gasteiger partial charge in [0.1, 0.15) is 0 Å². The van der Waals surface area contributed by atoms with Crippen molar-refractivity contribution >= 4 is 0 Å². The van der Waals surface area contributed by atoms with Crippen LogP contribution in [0.5, 0.6) is 0 Å². The average Bonchev–Trinajstić information content (AvgIpc) is 3.21. The van der Waals surface area contributed by atoms with Crippen molar-refractivity contribution < 1.29 is 13.2 Å². The van der Waals surface area contributed by atoms with E-state index in [2.05, 4.69) is 0 Å². The van der Waals surface area contributed by atoms with E-state index in [9.17, 15) is 13.2 Å². The normalized spacial score (nSPS) is 30.4. The molecular formula is C17H22F3N. The van der Waals surface area contributed by atoms with E-state index in [0.29, 0.717) is 11.5 Å². The van der Waals surface area contributed by atoms with Gasteiger partial charge in [0.05, 0.1) is 5.56 Å². The minimum atomic E-state index is -4.28. The van der Waals surface area contributed by atoms with E-state index in [1.807, 2.05) is 0 Å². The monoisotopic (exact) mass is 297 g/mol. The number of rotatable bonds is 2. The van der Waals surface area contributed by atoms with Gasteiger partial charge >= 0.3 is 6.18 Å². The quantitative estimate of drug-likeness (QED) is 0.836. The topological polar surface area (TPSA) is 26.0 Å². The Morgan fingerprint density at radius 1 is 1.14 bits per heavy atom. The van der Waals surface area contributed by atoms with Crippen LogP contribution in [0.3, 0.4) is 0 Å². The lowest BCUT2D eigenvalue weighted by Gasteiger charge is -2.39. The van der Waals surface area contributed by atoms with Crippen LogP contribution in [0.4, 0.5) is 13.2 Å². The molecule has 21 heavy (non-hydrogen) atoms. The number of halogens is 3. The third kappa shape index (κ3) is 2.96. The molecule has 1 aromatic rings. The molecule has 2 fully saturated rings. The van der Waals surface area contributed by atoms with Crippen LogP contribution >= 0.6 is 0 Å². The van der Waals surface area contributed by atoms with Gasteiger partial charge in [-0.2, -0.15) is 13.2 Å². The molecule has 4 heteroatoms. The van der Waals surface area contributed by atoms with Gasteiger partial charge in [-0.15, -0.1) is 0 Å². The average molecular weight is 297 g/mol. The van der Waals surface area contributed by atoms with Crippen molar-refractivity contribution in [3.63, 3.8) is 0 Å². The Morgan fingerprint density at radius 2 is 1.86 bits per heavy atom. The third-order valence-electron chi connectivity index (χ3n) is 5.20. The third-order valence-corrected chi connectivity index (χ3v) is 5.20. The number of hydrogen-bond donors (Lipinski definition) is 1. The minimum Gasteiger partial charge on any atom is -0.321 e. The second-order valence-corrected chi connectivity index (χ2v) is 6.88. The lowest BCUT2D eigenvalue weighted by Crippen LogP contribution is -2.42. The molecule has 0 saturated heterocycles. The molecule has 0 aliphatic heterocycles. The van der Waals surface area contributed by atoms with Crippen LogP contribution in [0.25, 0.3) is 0 Å². The standard InChI is InChI=1S/C17H22F3N/c1-11-9-14(17(18,19)20)6-7-15(11)16(21)8-2-3-13(10-16)12-4-5-12/h6-7,9,12-13H,2-5,8,10,21H2,1H3. The van der Waals surface area contributed by atoms with E-state index >= 15 is 0 Å². The predicted molar refractivity (Wildman–Crippen MR) is 76.7 cm³/mol. The zero-order chi connectivity index (χ0) is 15.3. The largest absolute Gasteiger partial charge is 0.416 e. The number of nitrogens with two attached hydrogens (primary N) is 1. The molecule has 2 unspecified atom stereocenters. The summed E-state index contributed by atoms with van der Waals surface area (Å²) in [5.74, 6) is 1.47. The number of benzene rings is 1. The molecule has 2 N–H and O–H groups in total. The Morgan fingerprint density at radius 3 is 2.43 bits per heavy atom. The molecule has 0 aromatic heterocycles. The van der Waals surface area contributed by atoms with E-state index in [1.165, 1.54) is 31.4 Å². The molecule has 0 amide bonds. The molecule has 2 aliphatic rings. The van der Waals surface area contributed by atoms with Crippen LogP contribution in [-0.4, -0.2) is 0 Å². The van der Waals surface area contributed by atoms with Gasteiger partial charge in [0.2, 0.25) is 0 Å². The molecule has 116 valence electrons. The van der Waals surface area contributed by atoms with Gasteiger partial charge in [0, 0.05) is 5.54 Å². The second-order valence-electron chi connectivity index (χ2n) is 6.88. The molecule has 0 spiro atoms. The predicted octanol–water partition coefficient (Wildman–Crippen LogP) is 4.77. The van der Waals surface area contributed by atoms with E-state index in [1.54, 1.807) is 13.0 Å². The maximum atomic E-state index is 12.8. The van der Waals surface area contributed by atoms with Gasteiger partial charge in [0.25, 0.3) is 0 Å². The van der Waals surface area contributed by atoms with Gasteiger partial charge < -0.3 is 5.73 Å². The SMILES string of the molecule is Cc1cc(C(F)(F)F)ccc1C1(N)CCCC(C2CC2)C1. The lowest BCUT2D eigenvalue weighted by atomic mass is 9.70. The Bertz CT molecular complexity index is 533. The van der Waals surface area contributed by atoms with Crippen molar-refractivity contribution in [2.24, 2.45) is 17.6 Å². The fraction of sp³-hybridized carbons (Fsp3) is 0.647. The van der Waals surface area contributed by atoms with Crippen LogP contribution in [0.2, 0.25) is 0 Å². The first-order valence-corrected chi connectivity index (χ1v) is 7.77. The summed E-state index contributed by atoms with van der Waals surface area (Å²) >= 11 is 0. The molecule has 2 aliphatic carbocycles. The van der Waals surface area contributed by atoms with Crippen molar-refractivity contribution in [3.05, 3.63) is 34.9 Å². The minimum absolute atomic E-state index is 0.445. The van der Waals surface area contributed by atoms with Crippen LogP contribution < -0.4 is 5.73 Å². The summed E-state index contributed by atoms with van der Waals surface area (Å²) in [6.07, 6.45) is 2.42. The summed E-state index contributed by atoms with van der Waals surface area (Å²) in [6.45, 7) is 1.75. The number of alkyl halides is 3. The highest BCUT2D eigenvalue weighted by Gasteiger charge is 2.41. The van der Waals surface area contributed by atoms with Crippen LogP contribution in [0, 0.1) is 18.8 Å². The fourth-order valence-corrected chi connectivity index (χ4v) is 3.96. The Labute approximate surface area is 123 Å². The summed E-state index contributed by atoms with van der Waals surface area (Å²) in [7, 11) is 0. The number of aryl methyl sites for hydroxylation is 1. The van der Waals surface area contributed by atoms with Gasteiger partial charge in [-0.1, -0.05) is 18.9 Å². The van der Waals surface area contributed by atoms with E-state index in [0.717, 1.165) is 30.7 Å². The first-order chi connectivity index (χ1) is 9.79. The Balaban J connectivity index is 1.88. The molecule has 3 rings (SSSR count). The summed E-state index contributed by atoms with van der Waals surface area (Å²) in [6, 6.07) is 4.02. The molecule has 0 heterocycles. The van der Waals surface area contributed by atoms with E-state index in [-0.39, 0.29) is 0 Å². The first-order valence-electron chi connectivity index (χ1n) is 7.77. The summed E-state index contributed by atoms with van der Waals surface area (Å²) in [5.41, 5.74) is 7.16. The molecule has 1 nitrogen and oxygen atoms in total. The molecular weight excluding hydrogens is 275 g/mol.